The van der Waals surface area contributed by atoms with Crippen LogP contribution in [0.5, 0.6) is 0 Å². The molecule has 0 bridgehead atoms. The molecule has 3 aliphatic rings. The second-order valence-electron chi connectivity index (χ2n) is 14.4. The topological polar surface area (TPSA) is 153 Å². The number of carbonyl (C=O) groups excluding carboxylic acids is 2. The molecule has 10 unspecified atom stereocenters. The van der Waals surface area contributed by atoms with Gasteiger partial charge in [0.15, 0.2) is 6.10 Å². The first kappa shape index (κ1) is 40.9. The number of amides is 1. The van der Waals surface area contributed by atoms with Gasteiger partial charge in [-0.3, -0.25) is 9.69 Å². The van der Waals surface area contributed by atoms with Gasteiger partial charge < -0.3 is 39.5 Å². The summed E-state index contributed by atoms with van der Waals surface area (Å²) in [5.41, 5.74) is -2.22. The van der Waals surface area contributed by atoms with Crippen LogP contribution in [0.15, 0.2) is 36.0 Å². The summed E-state index contributed by atoms with van der Waals surface area (Å²) in [6, 6.07) is 0. The van der Waals surface area contributed by atoms with Gasteiger partial charge in [0.2, 0.25) is 0 Å². The number of aliphatic hydroxyl groups excluding tert-OH is 2. The molecule has 3 aliphatic heterocycles. The number of hydrogen-bond acceptors (Lipinski definition) is 10. The number of hydrogen-bond donors (Lipinski definition) is 4. The lowest BCUT2D eigenvalue weighted by Gasteiger charge is -2.37. The summed E-state index contributed by atoms with van der Waals surface area (Å²) in [5, 5.41) is 43.0. The molecule has 2 saturated heterocycles. The van der Waals surface area contributed by atoms with Gasteiger partial charge in [-0.2, -0.15) is 13.2 Å². The average molecular weight is 705 g/mol. The molecule has 0 aliphatic carbocycles. The fraction of sp³-hybridized carbons (Fsp3) is 0.771. The molecule has 1 amide bonds. The number of piperazine rings is 1. The van der Waals surface area contributed by atoms with Gasteiger partial charge in [0.05, 0.1) is 43.0 Å². The van der Waals surface area contributed by atoms with Crippen LogP contribution in [0, 0.1) is 11.8 Å². The second kappa shape index (κ2) is 17.1. The van der Waals surface area contributed by atoms with Crippen molar-refractivity contribution < 1.29 is 57.4 Å². The molecule has 10 atom stereocenters. The third-order valence-corrected chi connectivity index (χ3v) is 9.63. The fourth-order valence-corrected chi connectivity index (χ4v) is 6.33. The summed E-state index contributed by atoms with van der Waals surface area (Å²) >= 11 is 0. The van der Waals surface area contributed by atoms with Gasteiger partial charge in [0.25, 0.3) is 0 Å². The van der Waals surface area contributed by atoms with Gasteiger partial charge in [-0.15, -0.1) is 0 Å². The number of ether oxygens (including phenoxy) is 3. The van der Waals surface area contributed by atoms with E-state index in [4.69, 9.17) is 14.2 Å². The van der Waals surface area contributed by atoms with E-state index in [1.54, 1.807) is 45.1 Å². The Morgan fingerprint density at radius 3 is 2.49 bits per heavy atom. The van der Waals surface area contributed by atoms with Crippen molar-refractivity contribution in [3.8, 4) is 0 Å². The lowest BCUT2D eigenvalue weighted by atomic mass is 9.88. The smallest absolute Gasteiger partial charge is 0.410 e. The van der Waals surface area contributed by atoms with Crippen LogP contribution >= 0.6 is 0 Å². The predicted molar refractivity (Wildman–Crippen MR) is 175 cm³/mol. The van der Waals surface area contributed by atoms with E-state index >= 15 is 0 Å². The number of allylic oxidation sites excluding steroid dienone is 2. The highest BCUT2D eigenvalue weighted by Gasteiger charge is 2.47. The summed E-state index contributed by atoms with van der Waals surface area (Å²) < 4.78 is 55.6. The van der Waals surface area contributed by atoms with Crippen molar-refractivity contribution in [2.75, 3.05) is 32.7 Å². The first-order chi connectivity index (χ1) is 22.7. The van der Waals surface area contributed by atoms with E-state index in [2.05, 4.69) is 0 Å². The van der Waals surface area contributed by atoms with Gasteiger partial charge in [0, 0.05) is 44.4 Å². The molecule has 11 nitrogen and oxygen atoms in total. The Kier molecular flexibility index (Phi) is 14.3. The van der Waals surface area contributed by atoms with Crippen molar-refractivity contribution >= 4 is 12.1 Å². The van der Waals surface area contributed by atoms with E-state index in [9.17, 15) is 43.2 Å². The highest BCUT2D eigenvalue weighted by molar-refractivity contribution is 5.70. The number of aliphatic hydroxyl groups is 4. The number of halogens is 3. The van der Waals surface area contributed by atoms with Gasteiger partial charge in [-0.1, -0.05) is 45.1 Å². The first-order valence-corrected chi connectivity index (χ1v) is 17.2. The fourth-order valence-electron chi connectivity index (χ4n) is 6.33. The average Bonchev–Trinajstić information content (AvgIpc) is 3.76. The highest BCUT2D eigenvalue weighted by atomic mass is 19.4. The quantitative estimate of drug-likeness (QED) is 0.114. The van der Waals surface area contributed by atoms with Crippen LogP contribution in [0.25, 0.3) is 0 Å². The third kappa shape index (κ3) is 13.0. The van der Waals surface area contributed by atoms with Crippen LogP contribution in [-0.2, 0) is 19.0 Å². The number of cyclic esters (lactones) is 1. The Labute approximate surface area is 287 Å². The molecule has 4 N–H and O–H groups in total. The minimum atomic E-state index is -4.34. The Balaban J connectivity index is 1.72. The highest BCUT2D eigenvalue weighted by Crippen LogP contribution is 2.37. The lowest BCUT2D eigenvalue weighted by Crippen LogP contribution is -2.52. The third-order valence-electron chi connectivity index (χ3n) is 9.63. The Hall–Kier alpha value is -2.49. The zero-order valence-electron chi connectivity index (χ0n) is 29.4. The van der Waals surface area contributed by atoms with Crippen molar-refractivity contribution in [3.05, 3.63) is 36.0 Å². The largest absolute Gasteiger partial charge is 0.457 e. The molecule has 0 radical (unpaired) electrons. The molecule has 3 rings (SSSR count). The molecular formula is C35H55F3N2O9. The van der Waals surface area contributed by atoms with E-state index in [0.29, 0.717) is 18.4 Å². The number of nitrogens with zero attached hydrogens (tertiary/aromatic N) is 2. The normalized spacial score (nSPS) is 34.3. The molecule has 0 aromatic heterocycles. The van der Waals surface area contributed by atoms with Crippen molar-refractivity contribution in [1.29, 1.82) is 0 Å². The van der Waals surface area contributed by atoms with Crippen LogP contribution in [0.4, 0.5) is 18.0 Å². The summed E-state index contributed by atoms with van der Waals surface area (Å²) in [6.45, 7) is 9.51. The Bertz CT molecular complexity index is 1200. The summed E-state index contributed by atoms with van der Waals surface area (Å²) in [4.78, 5) is 28.4. The van der Waals surface area contributed by atoms with Crippen LogP contribution in [-0.4, -0.2) is 129 Å². The van der Waals surface area contributed by atoms with E-state index in [0.717, 1.165) is 0 Å². The lowest BCUT2D eigenvalue weighted by molar-refractivity contribution is -0.151. The van der Waals surface area contributed by atoms with Crippen molar-refractivity contribution in [1.82, 2.24) is 9.80 Å². The van der Waals surface area contributed by atoms with Gasteiger partial charge in [-0.25, -0.2) is 4.79 Å². The molecule has 2 fully saturated rings. The number of rotatable bonds is 10. The molecule has 0 aromatic carbocycles. The maximum absolute atomic E-state index is 13.1. The summed E-state index contributed by atoms with van der Waals surface area (Å²) in [6.07, 6.45) is -0.228. The van der Waals surface area contributed by atoms with Gasteiger partial charge in [-0.05, 0) is 51.7 Å². The molecule has 0 saturated carbocycles. The van der Waals surface area contributed by atoms with E-state index in [1.165, 1.54) is 22.8 Å². The maximum atomic E-state index is 13.1. The molecular weight excluding hydrogens is 649 g/mol. The number of epoxide rings is 1. The number of carbonyl (C=O) groups is 2. The Morgan fingerprint density at radius 2 is 1.88 bits per heavy atom. The molecule has 49 heavy (non-hydrogen) atoms. The second-order valence-corrected chi connectivity index (χ2v) is 14.4. The number of alkyl halides is 3. The van der Waals surface area contributed by atoms with Crippen LogP contribution in [0.1, 0.15) is 73.6 Å². The van der Waals surface area contributed by atoms with Crippen molar-refractivity contribution in [2.24, 2.45) is 11.8 Å². The molecule has 0 aromatic rings. The molecule has 14 heteroatoms. The van der Waals surface area contributed by atoms with Crippen LogP contribution in [0.3, 0.4) is 0 Å². The minimum Gasteiger partial charge on any atom is -0.457 e. The van der Waals surface area contributed by atoms with Crippen LogP contribution in [0.2, 0.25) is 0 Å². The number of esters is 1. The summed E-state index contributed by atoms with van der Waals surface area (Å²) in [5.74, 6) is -1.16. The first-order valence-electron chi connectivity index (χ1n) is 17.2. The van der Waals surface area contributed by atoms with Gasteiger partial charge >= 0.3 is 18.2 Å². The zero-order valence-corrected chi connectivity index (χ0v) is 29.4. The minimum absolute atomic E-state index is 0.00865. The van der Waals surface area contributed by atoms with E-state index in [-0.39, 0.29) is 63.6 Å². The zero-order chi connectivity index (χ0) is 36.7. The van der Waals surface area contributed by atoms with Crippen molar-refractivity contribution in [2.45, 2.75) is 128 Å². The SMILES string of the molecule is CCC(O)C(C)C1OC1CC(C)(O)/C=C/C=C(\C)C1OC(=O)CC(O)CCC(C)(O)C(OC(=O)N2CCN(CC(F)(F)F)CC2)/C=C\C1C. The molecule has 0 spiro atoms. The van der Waals surface area contributed by atoms with Gasteiger partial charge in [0.1, 0.15) is 11.7 Å². The molecule has 3 heterocycles. The van der Waals surface area contributed by atoms with E-state index in [1.807, 2.05) is 13.8 Å². The summed E-state index contributed by atoms with van der Waals surface area (Å²) in [7, 11) is 0. The van der Waals surface area contributed by atoms with E-state index < -0.39 is 66.3 Å². The van der Waals surface area contributed by atoms with Crippen LogP contribution < -0.4 is 0 Å². The monoisotopic (exact) mass is 704 g/mol. The molecule has 280 valence electrons. The predicted octanol–water partition coefficient (Wildman–Crippen LogP) is 3.89. The van der Waals surface area contributed by atoms with Crippen molar-refractivity contribution in [3.63, 3.8) is 0 Å². The Morgan fingerprint density at radius 1 is 1.22 bits per heavy atom. The standard InChI is InChI=1S/C35H55F3N2O9/c1-7-26(42)24(4)31-27(47-31)20-33(5,45)13-8-9-22(2)30-23(3)10-11-28(34(6,46)14-12-25(41)19-29(43)49-30)48-32(44)40-17-15-39(16-18-40)21-35(36,37)38/h8-11,13,23-28,30-31,41-42,45-46H,7,12,14-21H2,1-6H3/b11-10-,13-8+,22-9+. The maximum Gasteiger partial charge on any atom is 0.410 e.